The van der Waals surface area contributed by atoms with Crippen molar-refractivity contribution >= 4 is 0 Å². The van der Waals surface area contributed by atoms with Gasteiger partial charge in [-0.3, -0.25) is 5.01 Å². The Balaban J connectivity index is 2.85. The topological polar surface area (TPSA) is 40.0 Å². The van der Waals surface area contributed by atoms with Gasteiger partial charge in [0.1, 0.15) is 0 Å². The van der Waals surface area contributed by atoms with Gasteiger partial charge in [-0.2, -0.15) is 5.53 Å². The van der Waals surface area contributed by atoms with Crippen molar-refractivity contribution in [3.63, 3.8) is 0 Å². The molecule has 0 fully saturated rings. The monoisotopic (exact) mass is 168 g/mol. The number of hydrazine groups is 1. The average molecular weight is 168 g/mol. The second kappa shape index (κ2) is 4.09. The van der Waals surface area contributed by atoms with Crippen molar-refractivity contribution in [3.05, 3.63) is 11.4 Å². The largest absolute Gasteiger partial charge is 0.273 e. The molecule has 0 aromatic rings. The van der Waals surface area contributed by atoms with Gasteiger partial charge in [0.2, 0.25) is 0 Å². The lowest BCUT2D eigenvalue weighted by Crippen LogP contribution is -2.35. The van der Waals surface area contributed by atoms with E-state index in [9.17, 15) is 0 Å². The molecule has 68 valence electrons. The van der Waals surface area contributed by atoms with Crippen LogP contribution in [0.5, 0.6) is 0 Å². The molecule has 4 heteroatoms. The summed E-state index contributed by atoms with van der Waals surface area (Å²) in [5, 5.41) is 9.91. The smallest absolute Gasteiger partial charge is 0.0855 e. The molecular formula is C8H16N4. The van der Waals surface area contributed by atoms with E-state index in [1.54, 1.807) is 0 Å². The Bertz CT molecular complexity index is 207. The Kier molecular flexibility index (Phi) is 3.08. The first-order valence-electron chi connectivity index (χ1n) is 4.49. The molecule has 0 spiro atoms. The maximum Gasteiger partial charge on any atom is 0.0855 e. The average Bonchev–Trinajstić information content (AvgIpc) is 2.16. The summed E-state index contributed by atoms with van der Waals surface area (Å²) in [5.74, 6) is 0. The second-order valence-corrected chi connectivity index (χ2v) is 2.64. The zero-order chi connectivity index (χ0) is 8.97. The fraction of sp³-hybridized carbons (Fsp3) is 0.750. The molecule has 0 aromatic carbocycles. The lowest BCUT2D eigenvalue weighted by atomic mass is 10.2. The van der Waals surface area contributed by atoms with Crippen molar-refractivity contribution in [1.82, 2.24) is 10.5 Å². The van der Waals surface area contributed by atoms with Crippen LogP contribution in [0.3, 0.4) is 0 Å². The molecule has 0 saturated carbocycles. The second-order valence-electron chi connectivity index (χ2n) is 2.64. The van der Waals surface area contributed by atoms with Gasteiger partial charge < -0.3 is 0 Å². The third-order valence-corrected chi connectivity index (χ3v) is 1.98. The molecular weight excluding hydrogens is 152 g/mol. The zero-order valence-electron chi connectivity index (χ0n) is 7.96. The van der Waals surface area contributed by atoms with Crippen molar-refractivity contribution in [3.8, 4) is 0 Å². The van der Waals surface area contributed by atoms with E-state index in [0.29, 0.717) is 0 Å². The predicted molar refractivity (Wildman–Crippen MR) is 48.0 cm³/mol. The van der Waals surface area contributed by atoms with Gasteiger partial charge in [0.15, 0.2) is 0 Å². The van der Waals surface area contributed by atoms with E-state index in [4.69, 9.17) is 0 Å². The van der Waals surface area contributed by atoms with Crippen molar-refractivity contribution in [2.75, 3.05) is 6.54 Å². The lowest BCUT2D eigenvalue weighted by molar-refractivity contribution is 0.231. The summed E-state index contributed by atoms with van der Waals surface area (Å²) in [4.78, 5) is 0. The number of allylic oxidation sites excluding steroid dienone is 2. The molecule has 4 nitrogen and oxygen atoms in total. The Hall–Kier alpha value is -1.06. The fourth-order valence-electron chi connectivity index (χ4n) is 1.34. The van der Waals surface area contributed by atoms with E-state index in [0.717, 1.165) is 25.1 Å². The minimum atomic E-state index is 0.922. The summed E-state index contributed by atoms with van der Waals surface area (Å²) >= 11 is 0. The fourth-order valence-corrected chi connectivity index (χ4v) is 1.34. The Morgan fingerprint density at radius 1 is 1.25 bits per heavy atom. The van der Waals surface area contributed by atoms with Gasteiger partial charge in [-0.15, -0.1) is 5.11 Å². The predicted octanol–water partition coefficient (Wildman–Crippen LogP) is 2.23. The lowest BCUT2D eigenvalue weighted by Gasteiger charge is -2.27. The summed E-state index contributed by atoms with van der Waals surface area (Å²) in [6.45, 7) is 7.25. The Labute approximate surface area is 73.3 Å². The molecule has 1 N–H and O–H groups in total. The SMILES string of the molecule is CCC1=C(CC)N(CC)NN=N1. The highest BCUT2D eigenvalue weighted by molar-refractivity contribution is 5.11. The van der Waals surface area contributed by atoms with E-state index in [1.165, 1.54) is 5.70 Å². The zero-order valence-corrected chi connectivity index (χ0v) is 7.96. The number of hydrogen-bond donors (Lipinski definition) is 1. The molecule has 12 heavy (non-hydrogen) atoms. The molecule has 1 aliphatic heterocycles. The van der Waals surface area contributed by atoms with Gasteiger partial charge in [-0.25, -0.2) is 0 Å². The van der Waals surface area contributed by atoms with Crippen molar-refractivity contribution in [2.24, 2.45) is 10.3 Å². The minimum Gasteiger partial charge on any atom is -0.273 e. The minimum absolute atomic E-state index is 0.922. The van der Waals surface area contributed by atoms with Crippen LogP contribution in [0.25, 0.3) is 0 Å². The molecule has 0 atom stereocenters. The van der Waals surface area contributed by atoms with Crippen LogP contribution in [0.1, 0.15) is 33.6 Å². The summed E-state index contributed by atoms with van der Waals surface area (Å²) < 4.78 is 0. The maximum atomic E-state index is 4.05. The summed E-state index contributed by atoms with van der Waals surface area (Å²) in [6, 6.07) is 0. The molecule has 1 heterocycles. The van der Waals surface area contributed by atoms with Crippen LogP contribution < -0.4 is 5.53 Å². The van der Waals surface area contributed by atoms with Crippen LogP contribution in [0.15, 0.2) is 21.7 Å². The summed E-state index contributed by atoms with van der Waals surface area (Å²) in [6.07, 6.45) is 1.95. The molecule has 1 aliphatic rings. The highest BCUT2D eigenvalue weighted by Gasteiger charge is 2.13. The molecule has 0 bridgehead atoms. The number of rotatable bonds is 3. The molecule has 0 saturated heterocycles. The van der Waals surface area contributed by atoms with Crippen molar-refractivity contribution in [2.45, 2.75) is 33.6 Å². The molecule has 0 amide bonds. The molecule has 0 unspecified atom stereocenters. The molecule has 0 aromatic heterocycles. The number of nitrogens with zero attached hydrogens (tertiary/aromatic N) is 3. The van der Waals surface area contributed by atoms with Crippen LogP contribution in [-0.4, -0.2) is 11.6 Å². The van der Waals surface area contributed by atoms with Crippen molar-refractivity contribution in [1.29, 1.82) is 0 Å². The maximum absolute atomic E-state index is 4.05. The van der Waals surface area contributed by atoms with Gasteiger partial charge in [0.05, 0.1) is 11.4 Å². The van der Waals surface area contributed by atoms with Gasteiger partial charge in [0, 0.05) is 6.54 Å². The summed E-state index contributed by atoms with van der Waals surface area (Å²) in [5.41, 5.74) is 5.22. The first-order valence-corrected chi connectivity index (χ1v) is 4.49. The highest BCUT2D eigenvalue weighted by atomic mass is 15.7. The van der Waals surface area contributed by atoms with Crippen LogP contribution in [0, 0.1) is 0 Å². The van der Waals surface area contributed by atoms with Crippen LogP contribution in [0.4, 0.5) is 0 Å². The molecule has 0 aliphatic carbocycles. The molecule has 1 rings (SSSR count). The quantitative estimate of drug-likeness (QED) is 0.702. The molecule has 0 radical (unpaired) electrons. The highest BCUT2D eigenvalue weighted by Crippen LogP contribution is 2.19. The normalized spacial score (nSPS) is 16.8. The van der Waals surface area contributed by atoms with E-state index in [2.05, 4.69) is 36.6 Å². The van der Waals surface area contributed by atoms with Crippen LogP contribution >= 0.6 is 0 Å². The third-order valence-electron chi connectivity index (χ3n) is 1.98. The van der Waals surface area contributed by atoms with Crippen LogP contribution in [0.2, 0.25) is 0 Å². The first-order chi connectivity index (χ1) is 5.83. The van der Waals surface area contributed by atoms with Crippen molar-refractivity contribution < 1.29 is 0 Å². The van der Waals surface area contributed by atoms with Gasteiger partial charge in [-0.05, 0) is 19.8 Å². The van der Waals surface area contributed by atoms with Gasteiger partial charge in [-0.1, -0.05) is 19.1 Å². The Morgan fingerprint density at radius 3 is 2.50 bits per heavy atom. The van der Waals surface area contributed by atoms with Gasteiger partial charge >= 0.3 is 0 Å². The number of hydrogen-bond acceptors (Lipinski definition) is 4. The standard InChI is InChI=1S/C8H16N4/c1-4-7-8(5-2)12(6-3)11-10-9-7/h4-6H2,1-3H3,(H,9,11). The van der Waals surface area contributed by atoms with E-state index >= 15 is 0 Å². The van der Waals surface area contributed by atoms with E-state index in [-0.39, 0.29) is 0 Å². The third kappa shape index (κ3) is 1.57. The first kappa shape index (κ1) is 9.03. The van der Waals surface area contributed by atoms with E-state index in [1.807, 2.05) is 5.01 Å². The van der Waals surface area contributed by atoms with Crippen LogP contribution in [-0.2, 0) is 0 Å². The number of nitrogens with one attached hydrogen (secondary N) is 1. The summed E-state index contributed by atoms with van der Waals surface area (Å²) in [7, 11) is 0. The Morgan fingerprint density at radius 2 is 2.00 bits per heavy atom. The van der Waals surface area contributed by atoms with Gasteiger partial charge in [0.25, 0.3) is 0 Å². The van der Waals surface area contributed by atoms with E-state index < -0.39 is 0 Å².